The van der Waals surface area contributed by atoms with Crippen molar-refractivity contribution in [2.45, 2.75) is 38.4 Å². The zero-order valence-electron chi connectivity index (χ0n) is 19.5. The molecule has 0 radical (unpaired) electrons. The molecule has 5 nitrogen and oxygen atoms in total. The molecule has 3 aromatic carbocycles. The number of imidazole rings is 1. The molecule has 0 aliphatic heterocycles. The summed E-state index contributed by atoms with van der Waals surface area (Å²) in [5, 5.41) is 0. The molecule has 0 saturated heterocycles. The molecule has 0 amide bonds. The van der Waals surface area contributed by atoms with Gasteiger partial charge in [0.15, 0.2) is 22.7 Å². The van der Waals surface area contributed by atoms with Crippen LogP contribution in [0.2, 0.25) is 0 Å². The summed E-state index contributed by atoms with van der Waals surface area (Å²) in [5.74, 6) is -8.98. The molecule has 0 N–H and O–H groups in total. The van der Waals surface area contributed by atoms with Crippen LogP contribution in [0.3, 0.4) is 0 Å². The molecule has 13 heteroatoms. The fraction of sp³-hybridized carbons (Fsp3) is 0.208. The fourth-order valence-electron chi connectivity index (χ4n) is 3.80. The maximum absolute atomic E-state index is 14.4. The molecule has 198 valence electrons. The molecule has 0 unspecified atom stereocenters. The highest BCUT2D eigenvalue weighted by atomic mass is 32.2. The predicted molar refractivity (Wildman–Crippen MR) is 118 cm³/mol. The van der Waals surface area contributed by atoms with Gasteiger partial charge in [-0.3, -0.25) is 0 Å². The number of nitrogens with zero attached hydrogens (tertiary/aromatic N) is 2. The highest BCUT2D eigenvalue weighted by Gasteiger charge is 2.44. The summed E-state index contributed by atoms with van der Waals surface area (Å²) >= 11 is 0. The lowest BCUT2D eigenvalue weighted by Crippen LogP contribution is -2.35. The van der Waals surface area contributed by atoms with E-state index < -0.39 is 50.8 Å². The summed E-state index contributed by atoms with van der Waals surface area (Å²) in [6, 6.07) is 12.0. The van der Waals surface area contributed by atoms with Gasteiger partial charge in [0.05, 0.1) is 11.4 Å². The number of aryl methyl sites for hydroxylation is 2. The number of para-hydroxylation sites is 2. The van der Waals surface area contributed by atoms with Crippen LogP contribution in [-0.4, -0.2) is 17.5 Å². The van der Waals surface area contributed by atoms with Crippen molar-refractivity contribution in [3.63, 3.8) is 0 Å². The second-order valence-corrected chi connectivity index (χ2v) is 9.24. The number of fused-ring (bicyclic) bond motifs is 1. The van der Waals surface area contributed by atoms with Gasteiger partial charge >= 0.3 is 6.18 Å². The Hall–Kier alpha value is -3.45. The Labute approximate surface area is 207 Å². The predicted octanol–water partition coefficient (Wildman–Crippen LogP) is 5.72. The van der Waals surface area contributed by atoms with Crippen LogP contribution in [0.5, 0.6) is 0 Å². The largest absolute Gasteiger partial charge is 0.744 e. The molecule has 0 fully saturated rings. The second kappa shape index (κ2) is 10.1. The van der Waals surface area contributed by atoms with E-state index in [0.717, 1.165) is 10.1 Å². The Morgan fingerprint density at radius 1 is 0.865 bits per heavy atom. The van der Waals surface area contributed by atoms with E-state index in [1.54, 1.807) is 35.8 Å². The van der Waals surface area contributed by atoms with Gasteiger partial charge in [0.1, 0.15) is 15.7 Å². The van der Waals surface area contributed by atoms with Crippen molar-refractivity contribution < 1.29 is 48.3 Å². The van der Waals surface area contributed by atoms with E-state index in [2.05, 4.69) is 0 Å². The fourth-order valence-corrected chi connectivity index (χ4v) is 4.27. The van der Waals surface area contributed by atoms with Crippen LogP contribution < -0.4 is 4.57 Å². The Balaban J connectivity index is 0.000000289. The third-order valence-corrected chi connectivity index (χ3v) is 6.35. The normalized spacial score (nSPS) is 12.0. The first kappa shape index (κ1) is 28.1. The van der Waals surface area contributed by atoms with E-state index in [1.165, 1.54) is 31.2 Å². The Bertz CT molecular complexity index is 1550. The number of halogens is 7. The molecule has 4 rings (SSSR count). The maximum Gasteiger partial charge on any atom is 0.422 e. The highest BCUT2D eigenvalue weighted by Crippen LogP contribution is 2.38. The van der Waals surface area contributed by atoms with Crippen LogP contribution in [0.1, 0.15) is 23.9 Å². The molecular weight excluding hydrogens is 529 g/mol. The summed E-state index contributed by atoms with van der Waals surface area (Å²) < 4.78 is 129. The van der Waals surface area contributed by atoms with Crippen molar-refractivity contribution in [2.24, 2.45) is 0 Å². The molecule has 0 spiro atoms. The molecule has 37 heavy (non-hydrogen) atoms. The quantitative estimate of drug-likeness (QED) is 0.142. The monoisotopic (exact) mass is 548 g/mol. The third kappa shape index (κ3) is 5.32. The summed E-state index contributed by atoms with van der Waals surface area (Å²) in [5.41, 5.74) is -2.18. The van der Waals surface area contributed by atoms with Crippen LogP contribution >= 0.6 is 0 Å². The van der Waals surface area contributed by atoms with Gasteiger partial charge in [-0.1, -0.05) is 29.8 Å². The Morgan fingerprint density at radius 2 is 1.38 bits per heavy atom. The van der Waals surface area contributed by atoms with Gasteiger partial charge in [0.25, 0.3) is 5.82 Å². The van der Waals surface area contributed by atoms with E-state index in [0.29, 0.717) is 12.1 Å². The Kier molecular flexibility index (Phi) is 7.70. The number of rotatable bonds is 3. The van der Waals surface area contributed by atoms with Gasteiger partial charge in [-0.2, -0.15) is 26.5 Å². The second-order valence-electron chi connectivity index (χ2n) is 7.86. The minimum absolute atomic E-state index is 0.178. The standard InChI is InChI=1S/C17H12F7N2.C7H8O3S/c1-3-25-8(2)26(10-7-5-4-6-9(10)25)16-14(20)12(18)11(17(22,23)24)13(19)15(16)21;1-6-2-4-7(5-3-6)11(8,9)10/h4-7H,3H2,1-2H3;2-5H,1H3,(H,8,9,10)/q+1;/p-1. The van der Waals surface area contributed by atoms with Crippen molar-refractivity contribution in [1.29, 1.82) is 0 Å². The molecule has 0 atom stereocenters. The van der Waals surface area contributed by atoms with Gasteiger partial charge in [-0.15, -0.1) is 0 Å². The van der Waals surface area contributed by atoms with Gasteiger partial charge in [-0.25, -0.2) is 21.8 Å². The highest BCUT2D eigenvalue weighted by molar-refractivity contribution is 7.85. The van der Waals surface area contributed by atoms with Gasteiger partial charge in [-0.05, 0) is 38.1 Å². The van der Waals surface area contributed by atoms with Crippen LogP contribution in [-0.2, 0) is 22.8 Å². The van der Waals surface area contributed by atoms with Crippen molar-refractivity contribution >= 4 is 21.2 Å². The van der Waals surface area contributed by atoms with Crippen molar-refractivity contribution in [2.75, 3.05) is 0 Å². The number of benzene rings is 3. The van der Waals surface area contributed by atoms with Gasteiger partial charge in [0, 0.05) is 6.92 Å². The molecular formula is C24H19F7N2O3S. The van der Waals surface area contributed by atoms with Crippen molar-refractivity contribution in [1.82, 2.24) is 4.57 Å². The SMILES string of the molecule is CC[n+]1c(C)n(-c2c(F)c(F)c(C(F)(F)F)c(F)c2F)c2ccccc21.Cc1ccc(S(=O)(=O)[O-])cc1. The molecule has 0 aliphatic rings. The van der Waals surface area contributed by atoms with E-state index >= 15 is 0 Å². The maximum atomic E-state index is 14.4. The minimum Gasteiger partial charge on any atom is -0.744 e. The van der Waals surface area contributed by atoms with E-state index in [1.807, 2.05) is 6.92 Å². The average molecular weight is 548 g/mol. The van der Waals surface area contributed by atoms with Crippen molar-refractivity contribution in [3.8, 4) is 5.69 Å². The average Bonchev–Trinajstić information content (AvgIpc) is 3.08. The van der Waals surface area contributed by atoms with Gasteiger partial charge < -0.3 is 4.55 Å². The first-order valence-electron chi connectivity index (χ1n) is 10.6. The molecule has 4 aromatic rings. The third-order valence-electron chi connectivity index (χ3n) is 5.50. The number of aromatic nitrogens is 2. The number of hydrogen-bond donors (Lipinski definition) is 0. The lowest BCUT2D eigenvalue weighted by atomic mass is 10.1. The summed E-state index contributed by atoms with van der Waals surface area (Å²) in [6.07, 6.45) is -5.58. The summed E-state index contributed by atoms with van der Waals surface area (Å²) in [7, 11) is -4.27. The smallest absolute Gasteiger partial charge is 0.422 e. The van der Waals surface area contributed by atoms with Crippen LogP contribution in [0.25, 0.3) is 16.7 Å². The number of alkyl halides is 3. The minimum atomic E-state index is -5.58. The molecule has 0 saturated carbocycles. The molecule has 1 heterocycles. The van der Waals surface area contributed by atoms with Gasteiger partial charge in [0.2, 0.25) is 17.3 Å². The van der Waals surface area contributed by atoms with Crippen LogP contribution in [0, 0.1) is 37.1 Å². The van der Waals surface area contributed by atoms with E-state index in [9.17, 15) is 43.7 Å². The number of hydrogen-bond acceptors (Lipinski definition) is 3. The summed E-state index contributed by atoms with van der Waals surface area (Å²) in [6.45, 7) is 5.37. The van der Waals surface area contributed by atoms with Crippen molar-refractivity contribution in [3.05, 3.63) is 88.8 Å². The molecule has 1 aromatic heterocycles. The zero-order valence-corrected chi connectivity index (χ0v) is 20.3. The first-order chi connectivity index (χ1) is 17.1. The molecule has 0 aliphatic carbocycles. The summed E-state index contributed by atoms with van der Waals surface area (Å²) in [4.78, 5) is -0.178. The Morgan fingerprint density at radius 3 is 1.84 bits per heavy atom. The zero-order chi connectivity index (χ0) is 27.9. The van der Waals surface area contributed by atoms with E-state index in [4.69, 9.17) is 0 Å². The lowest BCUT2D eigenvalue weighted by Gasteiger charge is -2.13. The molecule has 0 bridgehead atoms. The van der Waals surface area contributed by atoms with E-state index in [-0.39, 0.29) is 16.2 Å². The first-order valence-corrected chi connectivity index (χ1v) is 12.0. The topological polar surface area (TPSA) is 66.0 Å². The lowest BCUT2D eigenvalue weighted by molar-refractivity contribution is -0.674. The van der Waals surface area contributed by atoms with Crippen LogP contribution in [0.4, 0.5) is 30.7 Å². The van der Waals surface area contributed by atoms with Crippen LogP contribution in [0.15, 0.2) is 53.4 Å².